The van der Waals surface area contributed by atoms with Crippen LogP contribution in [0.25, 0.3) is 0 Å². The number of H-pyrrole nitrogens is 1. The molecule has 4 nitrogen and oxygen atoms in total. The summed E-state index contributed by atoms with van der Waals surface area (Å²) in [5.74, 6) is 0.663. The molecule has 2 aromatic rings. The second-order valence-electron chi connectivity index (χ2n) is 2.85. The molecule has 1 heterocycles. The Kier molecular flexibility index (Phi) is 2.69. The first-order valence-corrected chi connectivity index (χ1v) is 5.01. The molecule has 0 spiro atoms. The lowest BCUT2D eigenvalue weighted by atomic mass is 10.2. The normalized spacial score (nSPS) is 10.1. The first-order valence-electron chi connectivity index (χ1n) is 4.19. The largest absolute Gasteiger partial charge is 0.294 e. The van der Waals surface area contributed by atoms with Gasteiger partial charge >= 0.3 is 0 Å². The van der Waals surface area contributed by atoms with Gasteiger partial charge in [0, 0.05) is 4.90 Å². The number of rotatable bonds is 3. The Labute approximate surface area is 86.3 Å². The number of benzene rings is 1. The molecule has 2 rings (SSSR count). The average Bonchev–Trinajstić information content (AvgIpc) is 2.70. The monoisotopic (exact) mass is 206 g/mol. The van der Waals surface area contributed by atoms with Crippen molar-refractivity contribution in [1.29, 1.82) is 0 Å². The molecule has 0 aliphatic rings. The topological polar surface area (TPSA) is 53.6 Å². The second-order valence-corrected chi connectivity index (χ2v) is 3.73. The minimum atomic E-state index is 0.663. The summed E-state index contributed by atoms with van der Waals surface area (Å²) in [5.41, 5.74) is 1.26. The van der Waals surface area contributed by atoms with E-state index < -0.39 is 0 Å². The van der Waals surface area contributed by atoms with Crippen LogP contribution in [0.2, 0.25) is 0 Å². The number of nitrogens with one attached hydrogen (secondary N) is 2. The second kappa shape index (κ2) is 4.15. The fourth-order valence-electron chi connectivity index (χ4n) is 0.968. The van der Waals surface area contributed by atoms with Crippen molar-refractivity contribution in [3.05, 3.63) is 36.2 Å². The minimum Gasteiger partial charge on any atom is -0.294 e. The van der Waals surface area contributed by atoms with Crippen molar-refractivity contribution in [3.8, 4) is 0 Å². The highest BCUT2D eigenvalue weighted by atomic mass is 32.2. The maximum atomic E-state index is 3.95. The number of hydrogen-bond acceptors (Lipinski definition) is 4. The maximum absolute atomic E-state index is 3.95. The van der Waals surface area contributed by atoms with Gasteiger partial charge in [0.1, 0.15) is 6.33 Å². The Bertz CT molecular complexity index is 382. The predicted octanol–water partition coefficient (Wildman–Crippen LogP) is 2.23. The molecule has 5 heteroatoms. The zero-order chi connectivity index (χ0) is 9.80. The fourth-order valence-corrected chi connectivity index (χ4v) is 1.55. The predicted molar refractivity (Wildman–Crippen MR) is 57.0 cm³/mol. The Morgan fingerprint density at radius 2 is 2.07 bits per heavy atom. The third-order valence-electron chi connectivity index (χ3n) is 1.70. The number of hydrogen-bond donors (Lipinski definition) is 2. The molecule has 0 saturated carbocycles. The summed E-state index contributed by atoms with van der Waals surface area (Å²) in [7, 11) is 0. The van der Waals surface area contributed by atoms with E-state index in [4.69, 9.17) is 0 Å². The van der Waals surface area contributed by atoms with E-state index in [1.54, 1.807) is 0 Å². The van der Waals surface area contributed by atoms with Gasteiger partial charge < -0.3 is 0 Å². The van der Waals surface area contributed by atoms with Gasteiger partial charge in [-0.1, -0.05) is 17.7 Å². The molecule has 1 aromatic heterocycles. The molecule has 0 bridgehead atoms. The van der Waals surface area contributed by atoms with Gasteiger partial charge in [0.2, 0.25) is 5.95 Å². The number of aromatic nitrogens is 3. The van der Waals surface area contributed by atoms with Crippen LogP contribution in [0.5, 0.6) is 0 Å². The van der Waals surface area contributed by atoms with Gasteiger partial charge in [-0.05, 0) is 31.0 Å². The van der Waals surface area contributed by atoms with E-state index in [-0.39, 0.29) is 0 Å². The third kappa shape index (κ3) is 2.26. The van der Waals surface area contributed by atoms with E-state index in [0.717, 1.165) is 4.90 Å². The fraction of sp³-hybridized carbons (Fsp3) is 0.111. The van der Waals surface area contributed by atoms with Crippen molar-refractivity contribution in [2.45, 2.75) is 11.8 Å². The third-order valence-corrected chi connectivity index (χ3v) is 2.50. The van der Waals surface area contributed by atoms with Gasteiger partial charge in [-0.3, -0.25) is 4.72 Å². The van der Waals surface area contributed by atoms with Gasteiger partial charge in [-0.15, -0.1) is 0 Å². The number of nitrogens with zero attached hydrogens (tertiary/aromatic N) is 2. The van der Waals surface area contributed by atoms with Crippen molar-refractivity contribution in [3.63, 3.8) is 0 Å². The maximum Gasteiger partial charge on any atom is 0.228 e. The molecule has 0 amide bonds. The molecule has 0 atom stereocenters. The van der Waals surface area contributed by atoms with Crippen LogP contribution in [0, 0.1) is 6.92 Å². The first kappa shape index (κ1) is 9.08. The molecule has 0 saturated heterocycles. The molecule has 0 aliphatic carbocycles. The molecule has 2 N–H and O–H groups in total. The molecular formula is C9H10N4S. The van der Waals surface area contributed by atoms with Crippen LogP contribution in [0.3, 0.4) is 0 Å². The van der Waals surface area contributed by atoms with Gasteiger partial charge in [-0.25, -0.2) is 5.10 Å². The smallest absolute Gasteiger partial charge is 0.228 e. The minimum absolute atomic E-state index is 0.663. The Balaban J connectivity index is 1.95. The van der Waals surface area contributed by atoms with E-state index in [1.807, 2.05) is 0 Å². The summed E-state index contributed by atoms with van der Waals surface area (Å²) in [4.78, 5) is 5.10. The van der Waals surface area contributed by atoms with E-state index in [2.05, 4.69) is 51.1 Å². The van der Waals surface area contributed by atoms with Crippen molar-refractivity contribution >= 4 is 17.9 Å². The van der Waals surface area contributed by atoms with Crippen LogP contribution in [-0.2, 0) is 0 Å². The molecule has 0 unspecified atom stereocenters. The summed E-state index contributed by atoms with van der Waals surface area (Å²) >= 11 is 1.50. The highest BCUT2D eigenvalue weighted by Crippen LogP contribution is 2.18. The van der Waals surface area contributed by atoms with Crippen LogP contribution >= 0.6 is 11.9 Å². The van der Waals surface area contributed by atoms with Crippen molar-refractivity contribution in [1.82, 2.24) is 15.2 Å². The Morgan fingerprint density at radius 3 is 2.71 bits per heavy atom. The van der Waals surface area contributed by atoms with Crippen molar-refractivity contribution in [2.24, 2.45) is 0 Å². The molecular weight excluding hydrogens is 196 g/mol. The van der Waals surface area contributed by atoms with Crippen LogP contribution < -0.4 is 4.72 Å². The van der Waals surface area contributed by atoms with Crippen LogP contribution in [0.4, 0.5) is 5.95 Å². The van der Waals surface area contributed by atoms with Crippen LogP contribution in [0.15, 0.2) is 35.5 Å². The Morgan fingerprint density at radius 1 is 1.29 bits per heavy atom. The van der Waals surface area contributed by atoms with Crippen LogP contribution in [-0.4, -0.2) is 15.2 Å². The van der Waals surface area contributed by atoms with E-state index >= 15 is 0 Å². The summed E-state index contributed by atoms with van der Waals surface area (Å²) in [6.45, 7) is 2.07. The summed E-state index contributed by atoms with van der Waals surface area (Å²) < 4.78 is 3.05. The zero-order valence-electron chi connectivity index (χ0n) is 7.69. The number of aryl methyl sites for hydroxylation is 1. The number of anilines is 1. The lowest BCUT2D eigenvalue weighted by molar-refractivity contribution is 1.10. The summed E-state index contributed by atoms with van der Waals surface area (Å²) in [6.07, 6.45) is 1.47. The summed E-state index contributed by atoms with van der Waals surface area (Å²) in [6, 6.07) is 8.27. The van der Waals surface area contributed by atoms with E-state index in [1.165, 1.54) is 23.8 Å². The van der Waals surface area contributed by atoms with E-state index in [0.29, 0.717) is 5.95 Å². The SMILES string of the molecule is Cc1ccc(SNc2ncn[nH]2)cc1. The quantitative estimate of drug-likeness (QED) is 0.756. The molecule has 72 valence electrons. The molecule has 0 radical (unpaired) electrons. The molecule has 0 fully saturated rings. The number of aromatic amines is 1. The van der Waals surface area contributed by atoms with Gasteiger partial charge in [-0.2, -0.15) is 10.1 Å². The van der Waals surface area contributed by atoms with E-state index in [9.17, 15) is 0 Å². The first-order chi connectivity index (χ1) is 6.84. The average molecular weight is 206 g/mol. The van der Waals surface area contributed by atoms with Crippen molar-refractivity contribution < 1.29 is 0 Å². The standard InChI is InChI=1S/C9H10N4S/c1-7-2-4-8(5-3-7)14-13-9-10-6-11-12-9/h2-6H,1H3,(H2,10,11,12,13). The molecule has 14 heavy (non-hydrogen) atoms. The van der Waals surface area contributed by atoms with Gasteiger partial charge in [0.25, 0.3) is 0 Å². The summed E-state index contributed by atoms with van der Waals surface area (Å²) in [5, 5.41) is 6.46. The Hall–Kier alpha value is -1.49. The van der Waals surface area contributed by atoms with Gasteiger partial charge in [0.05, 0.1) is 0 Å². The van der Waals surface area contributed by atoms with Gasteiger partial charge in [0.15, 0.2) is 0 Å². The lowest BCUT2D eigenvalue weighted by Crippen LogP contribution is -1.88. The van der Waals surface area contributed by atoms with Crippen molar-refractivity contribution in [2.75, 3.05) is 4.72 Å². The zero-order valence-corrected chi connectivity index (χ0v) is 8.51. The molecule has 0 aliphatic heterocycles. The lowest BCUT2D eigenvalue weighted by Gasteiger charge is -2.01. The van der Waals surface area contributed by atoms with Crippen LogP contribution in [0.1, 0.15) is 5.56 Å². The highest BCUT2D eigenvalue weighted by Gasteiger charge is 1.95. The highest BCUT2D eigenvalue weighted by molar-refractivity contribution is 8.00. The molecule has 1 aromatic carbocycles.